The van der Waals surface area contributed by atoms with Crippen LogP contribution in [0.5, 0.6) is 5.75 Å². The van der Waals surface area contributed by atoms with E-state index >= 15 is 0 Å². The maximum absolute atomic E-state index is 6.38. The molecule has 1 aromatic carbocycles. The van der Waals surface area contributed by atoms with Crippen LogP contribution in [-0.2, 0) is 0 Å². The third kappa shape index (κ3) is 3.76. The molecule has 112 valence electrons. The van der Waals surface area contributed by atoms with Crippen molar-refractivity contribution in [3.8, 4) is 5.75 Å². The first kappa shape index (κ1) is 15.4. The van der Waals surface area contributed by atoms with Crippen molar-refractivity contribution in [1.82, 2.24) is 5.32 Å². The van der Waals surface area contributed by atoms with Crippen molar-refractivity contribution < 1.29 is 4.74 Å². The molecule has 1 aromatic rings. The zero-order valence-corrected chi connectivity index (χ0v) is 13.6. The Kier molecular flexibility index (Phi) is 5.09. The summed E-state index contributed by atoms with van der Waals surface area (Å²) in [4.78, 5) is 0. The van der Waals surface area contributed by atoms with E-state index in [0.29, 0.717) is 12.0 Å². The van der Waals surface area contributed by atoms with Crippen molar-refractivity contribution in [3.63, 3.8) is 0 Å². The van der Waals surface area contributed by atoms with Gasteiger partial charge in [0.2, 0.25) is 0 Å². The second kappa shape index (κ2) is 6.62. The van der Waals surface area contributed by atoms with Gasteiger partial charge in [0.05, 0.1) is 0 Å². The lowest BCUT2D eigenvalue weighted by Gasteiger charge is -2.40. The Balaban J connectivity index is 2.15. The molecule has 0 saturated heterocycles. The highest BCUT2D eigenvalue weighted by molar-refractivity contribution is 5.33. The summed E-state index contributed by atoms with van der Waals surface area (Å²) in [6.45, 7) is 12.1. The minimum absolute atomic E-state index is 0.285. The smallest absolute Gasteiger partial charge is 0.120 e. The van der Waals surface area contributed by atoms with Gasteiger partial charge in [0.25, 0.3) is 0 Å². The summed E-state index contributed by atoms with van der Waals surface area (Å²) >= 11 is 0. The molecule has 20 heavy (non-hydrogen) atoms. The van der Waals surface area contributed by atoms with E-state index in [-0.39, 0.29) is 6.10 Å². The number of hydrogen-bond donors (Lipinski definition) is 1. The number of likely N-dealkylation sites (N-methyl/N-ethyl adjacent to an activating group) is 1. The number of aryl methyl sites for hydroxylation is 2. The van der Waals surface area contributed by atoms with Gasteiger partial charge in [0, 0.05) is 6.04 Å². The summed E-state index contributed by atoms with van der Waals surface area (Å²) in [5.41, 5.74) is 2.55. The first-order chi connectivity index (χ1) is 9.49. The van der Waals surface area contributed by atoms with E-state index in [4.69, 9.17) is 4.74 Å². The molecule has 2 rings (SSSR count). The topological polar surface area (TPSA) is 21.3 Å². The molecule has 0 aromatic heterocycles. The molecule has 2 heteroatoms. The quantitative estimate of drug-likeness (QED) is 0.893. The van der Waals surface area contributed by atoms with E-state index in [9.17, 15) is 0 Å². The van der Waals surface area contributed by atoms with E-state index in [1.807, 2.05) is 0 Å². The lowest BCUT2D eigenvalue weighted by atomic mass is 9.78. The summed E-state index contributed by atoms with van der Waals surface area (Å²) in [6, 6.07) is 6.97. The molecule has 0 aliphatic heterocycles. The molecule has 4 atom stereocenters. The van der Waals surface area contributed by atoms with Gasteiger partial charge in [-0.15, -0.1) is 0 Å². The van der Waals surface area contributed by atoms with Crippen LogP contribution in [0.25, 0.3) is 0 Å². The van der Waals surface area contributed by atoms with Gasteiger partial charge in [0.15, 0.2) is 0 Å². The Morgan fingerprint density at radius 2 is 1.75 bits per heavy atom. The SMILES string of the molecule is CCNC1CC(C)CC(C)C1Oc1cc(C)cc(C)c1. The Morgan fingerprint density at radius 3 is 2.35 bits per heavy atom. The van der Waals surface area contributed by atoms with Gasteiger partial charge in [-0.2, -0.15) is 0 Å². The number of nitrogens with one attached hydrogen (secondary N) is 1. The van der Waals surface area contributed by atoms with E-state index in [1.54, 1.807) is 0 Å². The molecule has 0 radical (unpaired) electrons. The first-order valence-corrected chi connectivity index (χ1v) is 7.98. The number of hydrogen-bond acceptors (Lipinski definition) is 2. The fourth-order valence-corrected chi connectivity index (χ4v) is 3.65. The fourth-order valence-electron chi connectivity index (χ4n) is 3.65. The Labute approximate surface area is 123 Å². The predicted octanol–water partition coefficient (Wildman–Crippen LogP) is 4.09. The molecule has 0 bridgehead atoms. The lowest BCUT2D eigenvalue weighted by Crippen LogP contribution is -2.50. The number of benzene rings is 1. The van der Waals surface area contributed by atoms with Gasteiger partial charge < -0.3 is 10.1 Å². The molecule has 1 aliphatic rings. The molecule has 0 amide bonds. The molecule has 0 heterocycles. The van der Waals surface area contributed by atoms with Crippen LogP contribution in [0.4, 0.5) is 0 Å². The van der Waals surface area contributed by atoms with E-state index in [1.165, 1.54) is 24.0 Å². The fraction of sp³-hybridized carbons (Fsp3) is 0.667. The van der Waals surface area contributed by atoms with Crippen LogP contribution in [0, 0.1) is 25.7 Å². The van der Waals surface area contributed by atoms with Gasteiger partial charge in [0.1, 0.15) is 11.9 Å². The second-order valence-electron chi connectivity index (χ2n) is 6.62. The van der Waals surface area contributed by atoms with Crippen molar-refractivity contribution in [2.45, 2.75) is 59.6 Å². The third-order valence-electron chi connectivity index (χ3n) is 4.32. The van der Waals surface area contributed by atoms with Crippen LogP contribution in [0.1, 0.15) is 44.7 Å². The Bertz CT molecular complexity index is 423. The van der Waals surface area contributed by atoms with Gasteiger partial charge >= 0.3 is 0 Å². The Morgan fingerprint density at radius 1 is 1.10 bits per heavy atom. The van der Waals surface area contributed by atoms with Crippen molar-refractivity contribution in [1.29, 1.82) is 0 Å². The van der Waals surface area contributed by atoms with Crippen LogP contribution in [-0.4, -0.2) is 18.7 Å². The van der Waals surface area contributed by atoms with Gasteiger partial charge in [-0.25, -0.2) is 0 Å². The number of rotatable bonds is 4. The van der Waals surface area contributed by atoms with Crippen LogP contribution in [0.15, 0.2) is 18.2 Å². The molecule has 1 aliphatic carbocycles. The third-order valence-corrected chi connectivity index (χ3v) is 4.32. The first-order valence-electron chi connectivity index (χ1n) is 7.98. The largest absolute Gasteiger partial charge is 0.489 e. The van der Waals surface area contributed by atoms with Crippen molar-refractivity contribution in [2.75, 3.05) is 6.54 Å². The molecule has 0 spiro atoms. The van der Waals surface area contributed by atoms with Gasteiger partial charge in [-0.05, 0) is 68.3 Å². The summed E-state index contributed by atoms with van der Waals surface area (Å²) in [6.07, 6.45) is 2.76. The van der Waals surface area contributed by atoms with Gasteiger partial charge in [-0.1, -0.05) is 26.8 Å². The van der Waals surface area contributed by atoms with E-state index in [0.717, 1.165) is 18.2 Å². The summed E-state index contributed by atoms with van der Waals surface area (Å²) < 4.78 is 6.38. The zero-order chi connectivity index (χ0) is 14.7. The Hall–Kier alpha value is -1.02. The molecule has 2 nitrogen and oxygen atoms in total. The average Bonchev–Trinajstić information content (AvgIpc) is 2.32. The highest BCUT2D eigenvalue weighted by Gasteiger charge is 2.35. The average molecular weight is 275 g/mol. The van der Waals surface area contributed by atoms with Crippen molar-refractivity contribution in [3.05, 3.63) is 29.3 Å². The molecule has 1 N–H and O–H groups in total. The van der Waals surface area contributed by atoms with Gasteiger partial charge in [-0.3, -0.25) is 0 Å². The van der Waals surface area contributed by atoms with E-state index in [2.05, 4.69) is 58.1 Å². The summed E-state index contributed by atoms with van der Waals surface area (Å²) in [5, 5.41) is 3.62. The second-order valence-corrected chi connectivity index (χ2v) is 6.62. The van der Waals surface area contributed by atoms with Crippen molar-refractivity contribution >= 4 is 0 Å². The molecular weight excluding hydrogens is 246 g/mol. The predicted molar refractivity (Wildman–Crippen MR) is 85.4 cm³/mol. The maximum Gasteiger partial charge on any atom is 0.120 e. The monoisotopic (exact) mass is 275 g/mol. The normalized spacial score (nSPS) is 30.2. The standard InChI is InChI=1S/C18H29NO/c1-6-19-17-11-14(4)8-15(5)18(17)20-16-9-12(2)7-13(3)10-16/h7,9-10,14-15,17-19H,6,8,11H2,1-5H3. The molecular formula is C18H29NO. The van der Waals surface area contributed by atoms with Crippen LogP contribution >= 0.6 is 0 Å². The van der Waals surface area contributed by atoms with Crippen LogP contribution in [0.3, 0.4) is 0 Å². The van der Waals surface area contributed by atoms with Crippen LogP contribution in [0.2, 0.25) is 0 Å². The zero-order valence-electron chi connectivity index (χ0n) is 13.6. The van der Waals surface area contributed by atoms with E-state index < -0.39 is 0 Å². The highest BCUT2D eigenvalue weighted by atomic mass is 16.5. The lowest BCUT2D eigenvalue weighted by molar-refractivity contribution is 0.0483. The van der Waals surface area contributed by atoms with Crippen LogP contribution < -0.4 is 10.1 Å². The maximum atomic E-state index is 6.38. The van der Waals surface area contributed by atoms with Crippen molar-refractivity contribution in [2.24, 2.45) is 11.8 Å². The molecule has 1 fully saturated rings. The number of ether oxygens (including phenoxy) is 1. The minimum atomic E-state index is 0.285. The molecule has 1 saturated carbocycles. The summed E-state index contributed by atoms with van der Waals surface area (Å²) in [7, 11) is 0. The molecule has 4 unspecified atom stereocenters. The summed E-state index contributed by atoms with van der Waals surface area (Å²) in [5.74, 6) is 2.41. The minimum Gasteiger partial charge on any atom is -0.489 e. The highest BCUT2D eigenvalue weighted by Crippen LogP contribution is 2.32.